The molecule has 0 amide bonds. The maximum atomic E-state index is 13.2. The zero-order valence-electron chi connectivity index (χ0n) is 13.4. The minimum atomic E-state index is -0.146. The summed E-state index contributed by atoms with van der Waals surface area (Å²) in [5, 5.41) is 7.01. The summed E-state index contributed by atoms with van der Waals surface area (Å²) in [6.45, 7) is 0.871. The average Bonchev–Trinajstić information content (AvgIpc) is 3.32. The van der Waals surface area contributed by atoms with E-state index in [0.717, 1.165) is 22.8 Å². The normalized spacial score (nSPS) is 14.4. The molecule has 0 atom stereocenters. The van der Waals surface area contributed by atoms with Gasteiger partial charge in [-0.05, 0) is 43.0 Å². The molecule has 1 fully saturated rings. The molecular weight excluding hydrogens is 336 g/mol. The van der Waals surface area contributed by atoms with Crippen molar-refractivity contribution in [3.63, 3.8) is 0 Å². The molecule has 0 aliphatic heterocycles. The quantitative estimate of drug-likeness (QED) is 0.564. The van der Waals surface area contributed by atoms with Gasteiger partial charge in [0.15, 0.2) is 5.52 Å². The first kappa shape index (κ1) is 14.7. The van der Waals surface area contributed by atoms with Crippen molar-refractivity contribution in [3.8, 4) is 5.69 Å². The van der Waals surface area contributed by atoms with E-state index in [1.165, 1.54) is 12.8 Å². The summed E-state index contributed by atoms with van der Waals surface area (Å²) in [6.07, 6.45) is 7.83. The number of nitrogens with zero attached hydrogens (tertiary/aromatic N) is 4. The van der Waals surface area contributed by atoms with Crippen molar-refractivity contribution in [2.75, 3.05) is 0 Å². The van der Waals surface area contributed by atoms with Gasteiger partial charge in [-0.3, -0.25) is 19.0 Å². The van der Waals surface area contributed by atoms with Crippen LogP contribution in [-0.4, -0.2) is 19.3 Å². The maximum Gasteiger partial charge on any atom is 0.284 e. The smallest absolute Gasteiger partial charge is 0.273 e. The summed E-state index contributed by atoms with van der Waals surface area (Å²) in [5.41, 5.74) is 1.81. The molecule has 1 aromatic carbocycles. The minimum absolute atomic E-state index is 0.146. The van der Waals surface area contributed by atoms with Crippen LogP contribution in [0, 0.1) is 5.92 Å². The van der Waals surface area contributed by atoms with E-state index in [4.69, 9.17) is 11.6 Å². The van der Waals surface area contributed by atoms with Crippen LogP contribution in [0.5, 0.6) is 0 Å². The van der Waals surface area contributed by atoms with E-state index in [-0.39, 0.29) is 5.56 Å². The molecule has 0 saturated heterocycles. The third-order valence-electron chi connectivity index (χ3n) is 4.70. The Labute approximate surface area is 148 Å². The molecule has 3 heterocycles. The lowest BCUT2D eigenvalue weighted by molar-refractivity contribution is 0.567. The van der Waals surface area contributed by atoms with Crippen LogP contribution in [0.2, 0.25) is 5.02 Å². The van der Waals surface area contributed by atoms with Gasteiger partial charge < -0.3 is 0 Å². The molecule has 25 heavy (non-hydrogen) atoms. The number of halogens is 1. The number of hydrogen-bond acceptors (Lipinski definition) is 3. The molecule has 0 N–H and O–H groups in total. The van der Waals surface area contributed by atoms with E-state index in [1.807, 2.05) is 41.2 Å². The second-order valence-electron chi connectivity index (χ2n) is 6.57. The first-order chi connectivity index (χ1) is 12.2. The van der Waals surface area contributed by atoms with Crippen molar-refractivity contribution < 1.29 is 0 Å². The maximum absolute atomic E-state index is 13.2. The molecule has 5 rings (SSSR count). The molecular formula is C19H15ClN4O. The van der Waals surface area contributed by atoms with E-state index in [9.17, 15) is 4.79 Å². The van der Waals surface area contributed by atoms with E-state index in [1.54, 1.807) is 17.0 Å². The Hall–Kier alpha value is -2.66. The Morgan fingerprint density at radius 3 is 2.84 bits per heavy atom. The standard InChI is InChI=1S/C19H15ClN4O/c20-13-5-6-15-16-11-23(10-12-3-4-12)22-18(16)19(25)24(17(15)8-13)14-2-1-7-21-9-14/h1-2,5-9,11-12H,3-4,10H2. The van der Waals surface area contributed by atoms with Gasteiger partial charge in [0.05, 0.1) is 17.4 Å². The molecule has 0 radical (unpaired) electrons. The molecule has 5 nitrogen and oxygen atoms in total. The van der Waals surface area contributed by atoms with Gasteiger partial charge in [0.25, 0.3) is 5.56 Å². The molecule has 4 aromatic rings. The highest BCUT2D eigenvalue weighted by Gasteiger charge is 2.23. The largest absolute Gasteiger partial charge is 0.284 e. The van der Waals surface area contributed by atoms with Crippen LogP contribution < -0.4 is 5.56 Å². The van der Waals surface area contributed by atoms with Crippen LogP contribution in [0.4, 0.5) is 0 Å². The van der Waals surface area contributed by atoms with Gasteiger partial charge in [0.1, 0.15) is 0 Å². The van der Waals surface area contributed by atoms with Crippen molar-refractivity contribution in [2.24, 2.45) is 5.92 Å². The van der Waals surface area contributed by atoms with Crippen LogP contribution in [0.3, 0.4) is 0 Å². The lowest BCUT2D eigenvalue weighted by Crippen LogP contribution is -2.19. The Morgan fingerprint density at radius 2 is 2.08 bits per heavy atom. The minimum Gasteiger partial charge on any atom is -0.273 e. The Kier molecular flexibility index (Phi) is 3.18. The summed E-state index contributed by atoms with van der Waals surface area (Å²) in [4.78, 5) is 17.3. The molecule has 1 aliphatic rings. The summed E-state index contributed by atoms with van der Waals surface area (Å²) in [6, 6.07) is 9.30. The number of aromatic nitrogens is 4. The fraction of sp³-hybridized carbons (Fsp3) is 0.211. The van der Waals surface area contributed by atoms with Crippen LogP contribution in [0.1, 0.15) is 12.8 Å². The van der Waals surface area contributed by atoms with Crippen molar-refractivity contribution in [3.05, 3.63) is 64.3 Å². The third kappa shape index (κ3) is 2.43. The van der Waals surface area contributed by atoms with E-state index < -0.39 is 0 Å². The Morgan fingerprint density at radius 1 is 1.20 bits per heavy atom. The van der Waals surface area contributed by atoms with Gasteiger partial charge in [0, 0.05) is 34.7 Å². The zero-order valence-corrected chi connectivity index (χ0v) is 14.1. The van der Waals surface area contributed by atoms with Crippen molar-refractivity contribution in [2.45, 2.75) is 19.4 Å². The summed E-state index contributed by atoms with van der Waals surface area (Å²) in [7, 11) is 0. The van der Waals surface area contributed by atoms with Gasteiger partial charge in [0.2, 0.25) is 0 Å². The van der Waals surface area contributed by atoms with E-state index in [2.05, 4.69) is 10.1 Å². The van der Waals surface area contributed by atoms with Crippen LogP contribution >= 0.6 is 11.6 Å². The molecule has 1 saturated carbocycles. The van der Waals surface area contributed by atoms with Gasteiger partial charge in [-0.1, -0.05) is 17.7 Å². The fourth-order valence-corrected chi connectivity index (χ4v) is 3.48. The zero-order chi connectivity index (χ0) is 17.0. The molecule has 3 aromatic heterocycles. The molecule has 6 heteroatoms. The van der Waals surface area contributed by atoms with Crippen LogP contribution in [0.25, 0.3) is 27.5 Å². The van der Waals surface area contributed by atoms with Gasteiger partial charge >= 0.3 is 0 Å². The first-order valence-corrected chi connectivity index (χ1v) is 8.70. The SMILES string of the molecule is O=c1c2nn(CC3CC3)cc2c2ccc(Cl)cc2n1-c1cccnc1. The van der Waals surface area contributed by atoms with Crippen molar-refractivity contribution >= 4 is 33.4 Å². The van der Waals surface area contributed by atoms with Crippen LogP contribution in [0.15, 0.2) is 53.7 Å². The lowest BCUT2D eigenvalue weighted by atomic mass is 10.1. The number of pyridine rings is 2. The first-order valence-electron chi connectivity index (χ1n) is 8.32. The summed E-state index contributed by atoms with van der Waals surface area (Å²) in [5.74, 6) is 0.690. The average molecular weight is 351 g/mol. The monoisotopic (exact) mass is 350 g/mol. The topological polar surface area (TPSA) is 52.7 Å². The molecule has 0 spiro atoms. The van der Waals surface area contributed by atoms with Gasteiger partial charge in [-0.2, -0.15) is 5.10 Å². The summed E-state index contributed by atoms with van der Waals surface area (Å²) >= 11 is 6.21. The molecule has 0 unspecified atom stereocenters. The molecule has 1 aliphatic carbocycles. The predicted octanol–water partition coefficient (Wildman–Crippen LogP) is 3.80. The van der Waals surface area contributed by atoms with Gasteiger partial charge in [-0.15, -0.1) is 0 Å². The molecule has 124 valence electrons. The van der Waals surface area contributed by atoms with Crippen molar-refractivity contribution in [1.29, 1.82) is 0 Å². The highest BCUT2D eigenvalue weighted by atomic mass is 35.5. The van der Waals surface area contributed by atoms with E-state index >= 15 is 0 Å². The van der Waals surface area contributed by atoms with Crippen LogP contribution in [-0.2, 0) is 6.54 Å². The van der Waals surface area contributed by atoms with E-state index in [0.29, 0.717) is 22.1 Å². The second kappa shape index (κ2) is 5.43. The predicted molar refractivity (Wildman–Crippen MR) is 98.4 cm³/mol. The highest BCUT2D eigenvalue weighted by molar-refractivity contribution is 6.31. The Balaban J connectivity index is 1.88. The number of rotatable bonds is 3. The Bertz CT molecular complexity index is 1160. The molecule has 0 bridgehead atoms. The number of hydrogen-bond donors (Lipinski definition) is 0. The fourth-order valence-electron chi connectivity index (χ4n) is 3.31. The lowest BCUT2D eigenvalue weighted by Gasteiger charge is -2.10. The summed E-state index contributed by atoms with van der Waals surface area (Å²) < 4.78 is 3.55. The second-order valence-corrected chi connectivity index (χ2v) is 7.01. The highest BCUT2D eigenvalue weighted by Crippen LogP contribution is 2.32. The number of benzene rings is 1. The van der Waals surface area contributed by atoms with Gasteiger partial charge in [-0.25, -0.2) is 0 Å². The third-order valence-corrected chi connectivity index (χ3v) is 4.94. The van der Waals surface area contributed by atoms with Crippen molar-refractivity contribution in [1.82, 2.24) is 19.3 Å². The number of fused-ring (bicyclic) bond motifs is 3.